The lowest BCUT2D eigenvalue weighted by molar-refractivity contribution is -0.142. The lowest BCUT2D eigenvalue weighted by atomic mass is 10.2. The standard InChI is InChI=1S/C10H16F3N3.ClH/c1-3-4-5-14-6-8-7-16(2)15-9(8)10(11,12)13;/h7,14H,3-6H2,1-2H3;1H. The van der Waals surface area contributed by atoms with E-state index in [2.05, 4.69) is 10.4 Å². The van der Waals surface area contributed by atoms with Crippen LogP contribution in [-0.2, 0) is 19.8 Å². The number of unbranched alkanes of at least 4 members (excludes halogenated alkanes) is 1. The van der Waals surface area contributed by atoms with Gasteiger partial charge in [0, 0.05) is 25.4 Å². The zero-order valence-electron chi connectivity index (χ0n) is 9.84. The van der Waals surface area contributed by atoms with Crippen LogP contribution < -0.4 is 5.32 Å². The Labute approximate surface area is 105 Å². The molecule has 0 atom stereocenters. The van der Waals surface area contributed by atoms with Gasteiger partial charge in [-0.3, -0.25) is 4.68 Å². The second-order valence-electron chi connectivity index (χ2n) is 3.70. The fourth-order valence-electron chi connectivity index (χ4n) is 1.43. The summed E-state index contributed by atoms with van der Waals surface area (Å²) in [6.45, 7) is 2.97. The summed E-state index contributed by atoms with van der Waals surface area (Å²) in [4.78, 5) is 0. The van der Waals surface area contributed by atoms with Gasteiger partial charge in [-0.05, 0) is 13.0 Å². The first-order chi connectivity index (χ1) is 7.45. The number of aryl methyl sites for hydroxylation is 1. The molecule has 7 heteroatoms. The molecule has 0 amide bonds. The van der Waals surface area contributed by atoms with Crippen LogP contribution in [0.1, 0.15) is 31.0 Å². The maximum Gasteiger partial charge on any atom is 0.435 e. The van der Waals surface area contributed by atoms with Gasteiger partial charge in [0.25, 0.3) is 0 Å². The van der Waals surface area contributed by atoms with Gasteiger partial charge in [0.15, 0.2) is 5.69 Å². The van der Waals surface area contributed by atoms with Crippen LogP contribution in [-0.4, -0.2) is 16.3 Å². The topological polar surface area (TPSA) is 29.9 Å². The van der Waals surface area contributed by atoms with Crippen molar-refractivity contribution >= 4 is 12.4 Å². The minimum atomic E-state index is -4.37. The molecule has 1 aromatic heterocycles. The molecule has 0 unspecified atom stereocenters. The van der Waals surface area contributed by atoms with Gasteiger partial charge < -0.3 is 5.32 Å². The highest BCUT2D eigenvalue weighted by molar-refractivity contribution is 5.85. The van der Waals surface area contributed by atoms with E-state index in [0.29, 0.717) is 0 Å². The van der Waals surface area contributed by atoms with Crippen LogP contribution in [0.15, 0.2) is 6.20 Å². The van der Waals surface area contributed by atoms with E-state index in [9.17, 15) is 13.2 Å². The summed E-state index contributed by atoms with van der Waals surface area (Å²) in [6, 6.07) is 0. The van der Waals surface area contributed by atoms with Crippen molar-refractivity contribution < 1.29 is 13.2 Å². The predicted octanol–water partition coefficient (Wildman–Crippen LogP) is 2.75. The molecule has 1 heterocycles. The molecule has 0 bridgehead atoms. The fourth-order valence-corrected chi connectivity index (χ4v) is 1.43. The number of hydrogen-bond acceptors (Lipinski definition) is 2. The Bertz CT molecular complexity index is 336. The molecule has 0 aromatic carbocycles. The molecular formula is C10H17ClF3N3. The van der Waals surface area contributed by atoms with Gasteiger partial charge in [-0.1, -0.05) is 13.3 Å². The van der Waals surface area contributed by atoms with E-state index in [-0.39, 0.29) is 24.5 Å². The number of nitrogens with zero attached hydrogens (tertiary/aromatic N) is 2. The van der Waals surface area contributed by atoms with Crippen LogP contribution >= 0.6 is 12.4 Å². The summed E-state index contributed by atoms with van der Waals surface area (Å²) in [7, 11) is 1.49. The maximum atomic E-state index is 12.5. The van der Waals surface area contributed by atoms with Crippen LogP contribution in [0.4, 0.5) is 13.2 Å². The molecule has 0 spiro atoms. The van der Waals surface area contributed by atoms with Gasteiger partial charge >= 0.3 is 6.18 Å². The number of rotatable bonds is 5. The highest BCUT2D eigenvalue weighted by atomic mass is 35.5. The number of aromatic nitrogens is 2. The van der Waals surface area contributed by atoms with Gasteiger partial charge in [0.1, 0.15) is 0 Å². The molecule has 0 aliphatic heterocycles. The second-order valence-corrected chi connectivity index (χ2v) is 3.70. The molecule has 0 saturated heterocycles. The summed E-state index contributed by atoms with van der Waals surface area (Å²) >= 11 is 0. The fraction of sp³-hybridized carbons (Fsp3) is 0.700. The summed E-state index contributed by atoms with van der Waals surface area (Å²) < 4.78 is 38.8. The van der Waals surface area contributed by atoms with Gasteiger partial charge in [-0.25, -0.2) is 0 Å². The zero-order chi connectivity index (χ0) is 12.2. The van der Waals surface area contributed by atoms with Crippen molar-refractivity contribution in [3.63, 3.8) is 0 Å². The molecule has 1 aromatic rings. The summed E-state index contributed by atoms with van der Waals surface area (Å²) in [5, 5.41) is 6.41. The van der Waals surface area contributed by atoms with Gasteiger partial charge in [0.2, 0.25) is 0 Å². The molecule has 0 fully saturated rings. The Hall–Kier alpha value is -0.750. The largest absolute Gasteiger partial charge is 0.435 e. The number of alkyl halides is 3. The van der Waals surface area contributed by atoms with Crippen molar-refractivity contribution in [2.45, 2.75) is 32.5 Å². The summed E-state index contributed by atoms with van der Waals surface area (Å²) in [5.41, 5.74) is -0.592. The third-order valence-corrected chi connectivity index (χ3v) is 2.20. The molecule has 0 aliphatic carbocycles. The first-order valence-corrected chi connectivity index (χ1v) is 5.25. The van der Waals surface area contributed by atoms with Crippen LogP contribution in [0, 0.1) is 0 Å². The summed E-state index contributed by atoms with van der Waals surface area (Å²) in [5.74, 6) is 0. The normalized spacial score (nSPS) is 11.4. The molecule has 3 nitrogen and oxygen atoms in total. The lowest BCUT2D eigenvalue weighted by Crippen LogP contribution is -2.17. The molecule has 0 saturated carbocycles. The second kappa shape index (κ2) is 6.86. The van der Waals surface area contributed by atoms with Crippen molar-refractivity contribution in [3.05, 3.63) is 17.5 Å². The highest BCUT2D eigenvalue weighted by Gasteiger charge is 2.36. The summed E-state index contributed by atoms with van der Waals surface area (Å²) in [6.07, 6.45) is -0.988. The average molecular weight is 272 g/mol. The molecule has 100 valence electrons. The SMILES string of the molecule is CCCCNCc1cn(C)nc1C(F)(F)F.Cl. The van der Waals surface area contributed by atoms with E-state index in [1.807, 2.05) is 6.92 Å². The average Bonchev–Trinajstić information content (AvgIpc) is 2.54. The minimum Gasteiger partial charge on any atom is -0.313 e. The first kappa shape index (κ1) is 16.2. The number of halogens is 4. The first-order valence-electron chi connectivity index (χ1n) is 5.25. The Morgan fingerprint density at radius 3 is 2.59 bits per heavy atom. The van der Waals surface area contributed by atoms with E-state index in [1.54, 1.807) is 0 Å². The van der Waals surface area contributed by atoms with Gasteiger partial charge in [-0.15, -0.1) is 12.4 Å². The van der Waals surface area contributed by atoms with Crippen molar-refractivity contribution in [1.82, 2.24) is 15.1 Å². The zero-order valence-corrected chi connectivity index (χ0v) is 10.7. The minimum absolute atomic E-state index is 0. The van der Waals surface area contributed by atoms with Crippen molar-refractivity contribution in [1.29, 1.82) is 0 Å². The van der Waals surface area contributed by atoms with E-state index in [0.717, 1.165) is 19.4 Å². The molecule has 0 aliphatic rings. The van der Waals surface area contributed by atoms with Crippen LogP contribution in [0.25, 0.3) is 0 Å². The molecular weight excluding hydrogens is 255 g/mol. The van der Waals surface area contributed by atoms with Crippen molar-refractivity contribution in [3.8, 4) is 0 Å². The Morgan fingerprint density at radius 2 is 2.06 bits per heavy atom. The quantitative estimate of drug-likeness (QED) is 0.835. The van der Waals surface area contributed by atoms with Crippen molar-refractivity contribution in [2.75, 3.05) is 6.54 Å². The maximum absolute atomic E-state index is 12.5. The Kier molecular flexibility index (Phi) is 6.56. The lowest BCUT2D eigenvalue weighted by Gasteiger charge is -2.06. The molecule has 1 N–H and O–H groups in total. The van der Waals surface area contributed by atoms with Crippen molar-refractivity contribution in [2.24, 2.45) is 7.05 Å². The van der Waals surface area contributed by atoms with Gasteiger partial charge in [-0.2, -0.15) is 18.3 Å². The molecule has 1 rings (SSSR count). The smallest absolute Gasteiger partial charge is 0.313 e. The van der Waals surface area contributed by atoms with Crippen LogP contribution in [0.3, 0.4) is 0 Å². The van der Waals surface area contributed by atoms with E-state index in [1.165, 1.54) is 17.9 Å². The Morgan fingerprint density at radius 1 is 1.41 bits per heavy atom. The molecule has 0 radical (unpaired) electrons. The highest BCUT2D eigenvalue weighted by Crippen LogP contribution is 2.30. The van der Waals surface area contributed by atoms with Crippen LogP contribution in [0.2, 0.25) is 0 Å². The monoisotopic (exact) mass is 271 g/mol. The van der Waals surface area contributed by atoms with Crippen LogP contribution in [0.5, 0.6) is 0 Å². The third-order valence-electron chi connectivity index (χ3n) is 2.20. The number of nitrogens with one attached hydrogen (secondary N) is 1. The van der Waals surface area contributed by atoms with Gasteiger partial charge in [0.05, 0.1) is 0 Å². The number of hydrogen-bond donors (Lipinski definition) is 1. The van der Waals surface area contributed by atoms with E-state index in [4.69, 9.17) is 0 Å². The van der Waals surface area contributed by atoms with E-state index < -0.39 is 11.9 Å². The Balaban J connectivity index is 0.00000256. The third kappa shape index (κ3) is 4.95. The predicted molar refractivity (Wildman–Crippen MR) is 62.1 cm³/mol. The molecule has 17 heavy (non-hydrogen) atoms. The van der Waals surface area contributed by atoms with E-state index >= 15 is 0 Å².